The van der Waals surface area contributed by atoms with Crippen molar-refractivity contribution in [2.45, 2.75) is 44.4 Å². The molecule has 0 unspecified atom stereocenters. The fourth-order valence-corrected chi connectivity index (χ4v) is 5.51. The minimum Gasteiger partial charge on any atom is -0.302 e. The second-order valence-corrected chi connectivity index (χ2v) is 11.2. The van der Waals surface area contributed by atoms with Gasteiger partial charge in [-0.2, -0.15) is 0 Å². The summed E-state index contributed by atoms with van der Waals surface area (Å²) >= 11 is 6.96. The Bertz CT molecular complexity index is 1010. The van der Waals surface area contributed by atoms with Gasteiger partial charge in [0.05, 0.1) is 21.2 Å². The van der Waals surface area contributed by atoms with Crippen LogP contribution in [0.25, 0.3) is 0 Å². The average molecular weight is 441 g/mol. The Hall–Kier alpha value is -1.77. The van der Waals surface area contributed by atoms with Gasteiger partial charge in [0.1, 0.15) is 0 Å². The molecule has 2 aromatic rings. The Labute approximate surface area is 173 Å². The Morgan fingerprint density at radius 2 is 1.93 bits per heavy atom. The van der Waals surface area contributed by atoms with Crippen LogP contribution < -0.4 is 5.32 Å². The van der Waals surface area contributed by atoms with Gasteiger partial charge in [-0.25, -0.2) is 13.4 Å². The first-order valence-corrected chi connectivity index (χ1v) is 11.7. The monoisotopic (exact) mass is 440 g/mol. The van der Waals surface area contributed by atoms with Crippen LogP contribution in [0.15, 0.2) is 29.2 Å². The predicted molar refractivity (Wildman–Crippen MR) is 110 cm³/mol. The number of Topliss-reactive ketones (excluding diaryl/α,β-unsaturated/α-hetero) is 1. The molecule has 9 heteroatoms. The fourth-order valence-electron chi connectivity index (χ4n) is 3.14. The zero-order valence-corrected chi connectivity index (χ0v) is 18.0. The summed E-state index contributed by atoms with van der Waals surface area (Å²) in [6, 6.07) is 5.95. The number of hydrogen-bond donors (Lipinski definition) is 1. The van der Waals surface area contributed by atoms with Gasteiger partial charge in [0.15, 0.2) is 20.8 Å². The molecule has 6 nitrogen and oxygen atoms in total. The highest BCUT2D eigenvalue weighted by Crippen LogP contribution is 2.38. The van der Waals surface area contributed by atoms with Gasteiger partial charge in [-0.05, 0) is 42.5 Å². The van der Waals surface area contributed by atoms with Crippen LogP contribution in [0, 0.1) is 5.41 Å². The number of nitrogens with one attached hydrogen (secondary N) is 1. The number of aromatic nitrogens is 1. The smallest absolute Gasteiger partial charge is 0.226 e. The van der Waals surface area contributed by atoms with Crippen molar-refractivity contribution in [3.63, 3.8) is 0 Å². The standard InChI is InChI=1S/C19H21ClN2O4S2/c1-19(2)10-14-17(15(23)11-19)27-18(21-14)22-16(24)4-3-9-28(25,26)13-7-5-12(20)6-8-13/h5-8H,3-4,9-11H2,1-2H3,(H,21,22,24). The molecule has 1 aliphatic carbocycles. The van der Waals surface area contributed by atoms with E-state index in [2.05, 4.69) is 10.3 Å². The Balaban J connectivity index is 1.55. The number of anilines is 1. The zero-order valence-electron chi connectivity index (χ0n) is 15.6. The zero-order chi connectivity index (χ0) is 20.5. The third-order valence-corrected chi connectivity index (χ3v) is 7.59. The number of hydrogen-bond acceptors (Lipinski definition) is 6. The molecule has 0 fully saturated rings. The maximum Gasteiger partial charge on any atom is 0.226 e. The summed E-state index contributed by atoms with van der Waals surface area (Å²) in [6.07, 6.45) is 1.41. The number of amides is 1. The molecule has 1 aliphatic rings. The van der Waals surface area contributed by atoms with Crippen molar-refractivity contribution in [2.75, 3.05) is 11.1 Å². The van der Waals surface area contributed by atoms with E-state index in [9.17, 15) is 18.0 Å². The number of carbonyl (C=O) groups excluding carboxylic acids is 2. The number of carbonyl (C=O) groups is 2. The van der Waals surface area contributed by atoms with E-state index in [4.69, 9.17) is 11.6 Å². The van der Waals surface area contributed by atoms with Crippen LogP contribution in [0.1, 0.15) is 48.5 Å². The summed E-state index contributed by atoms with van der Waals surface area (Å²) in [6.45, 7) is 4.04. The summed E-state index contributed by atoms with van der Waals surface area (Å²) in [5.74, 6) is -0.397. The molecule has 0 aliphatic heterocycles. The van der Waals surface area contributed by atoms with Gasteiger partial charge in [0.2, 0.25) is 5.91 Å². The lowest BCUT2D eigenvalue weighted by atomic mass is 9.78. The first-order valence-electron chi connectivity index (χ1n) is 8.87. The van der Waals surface area contributed by atoms with Gasteiger partial charge in [-0.15, -0.1) is 0 Å². The van der Waals surface area contributed by atoms with Gasteiger partial charge >= 0.3 is 0 Å². The van der Waals surface area contributed by atoms with E-state index in [1.54, 1.807) is 0 Å². The average Bonchev–Trinajstić information content (AvgIpc) is 2.96. The van der Waals surface area contributed by atoms with E-state index in [0.717, 1.165) is 5.69 Å². The number of benzene rings is 1. The van der Waals surface area contributed by atoms with Crippen LogP contribution in [0.2, 0.25) is 5.02 Å². The summed E-state index contributed by atoms with van der Waals surface area (Å²) < 4.78 is 24.6. The van der Waals surface area contributed by atoms with Gasteiger partial charge in [0, 0.05) is 17.9 Å². The van der Waals surface area contributed by atoms with Gasteiger partial charge in [0.25, 0.3) is 0 Å². The molecule has 1 heterocycles. The molecule has 0 radical (unpaired) electrons. The summed E-state index contributed by atoms with van der Waals surface area (Å²) in [7, 11) is -3.46. The van der Waals surface area contributed by atoms with Crippen LogP contribution in [0.4, 0.5) is 5.13 Å². The minimum absolute atomic E-state index is 0.0521. The van der Waals surface area contributed by atoms with Crippen molar-refractivity contribution in [2.24, 2.45) is 5.41 Å². The van der Waals surface area contributed by atoms with Crippen LogP contribution in [0.3, 0.4) is 0 Å². The number of fused-ring (bicyclic) bond motifs is 1. The number of thiazole rings is 1. The molecule has 1 aromatic heterocycles. The first-order chi connectivity index (χ1) is 13.1. The van der Waals surface area contributed by atoms with Gasteiger partial charge in [-0.1, -0.05) is 36.8 Å². The van der Waals surface area contributed by atoms with E-state index >= 15 is 0 Å². The molecule has 0 bridgehead atoms. The molecule has 3 rings (SSSR count). The summed E-state index contributed by atoms with van der Waals surface area (Å²) in [5, 5.41) is 3.54. The van der Waals surface area contributed by atoms with E-state index in [-0.39, 0.29) is 40.6 Å². The molecule has 1 N–H and O–H groups in total. The Kier molecular flexibility index (Phi) is 5.93. The van der Waals surface area contributed by atoms with Crippen molar-refractivity contribution in [1.29, 1.82) is 0 Å². The molecule has 1 aromatic carbocycles. The lowest BCUT2D eigenvalue weighted by molar-refractivity contribution is -0.116. The Morgan fingerprint density at radius 1 is 1.25 bits per heavy atom. The van der Waals surface area contributed by atoms with Crippen LogP contribution in [-0.2, 0) is 21.1 Å². The van der Waals surface area contributed by atoms with Gasteiger partial charge in [-0.3, -0.25) is 9.59 Å². The highest BCUT2D eigenvalue weighted by atomic mass is 35.5. The quantitative estimate of drug-likeness (QED) is 0.728. The van der Waals surface area contributed by atoms with E-state index < -0.39 is 9.84 Å². The molecular formula is C19H21ClN2O4S2. The highest BCUT2D eigenvalue weighted by Gasteiger charge is 2.34. The molecule has 150 valence electrons. The maximum absolute atomic E-state index is 12.3. The van der Waals surface area contributed by atoms with Crippen LogP contribution in [0.5, 0.6) is 0 Å². The molecular weight excluding hydrogens is 420 g/mol. The number of rotatable bonds is 6. The third kappa shape index (κ3) is 4.98. The van der Waals surface area contributed by atoms with Crippen LogP contribution >= 0.6 is 22.9 Å². The molecule has 0 spiro atoms. The van der Waals surface area contributed by atoms with Crippen molar-refractivity contribution in [1.82, 2.24) is 4.98 Å². The second-order valence-electron chi connectivity index (χ2n) is 7.66. The Morgan fingerprint density at radius 3 is 2.61 bits per heavy atom. The molecule has 0 atom stereocenters. The van der Waals surface area contributed by atoms with E-state index in [1.165, 1.54) is 35.6 Å². The molecule has 28 heavy (non-hydrogen) atoms. The number of halogens is 1. The maximum atomic E-state index is 12.3. The number of ketones is 1. The lowest BCUT2D eigenvalue weighted by Gasteiger charge is -2.26. The number of sulfone groups is 1. The first kappa shape index (κ1) is 21.0. The second kappa shape index (κ2) is 7.93. The van der Waals surface area contributed by atoms with Crippen molar-refractivity contribution in [3.05, 3.63) is 39.9 Å². The molecule has 0 saturated heterocycles. The lowest BCUT2D eigenvalue weighted by Crippen LogP contribution is -2.26. The summed E-state index contributed by atoms with van der Waals surface area (Å²) in [4.78, 5) is 29.6. The van der Waals surface area contributed by atoms with E-state index in [1.807, 2.05) is 13.8 Å². The SMILES string of the molecule is CC1(C)CC(=O)c2sc(NC(=O)CCCS(=O)(=O)c3ccc(Cl)cc3)nc2C1. The normalized spacial score (nSPS) is 15.9. The highest BCUT2D eigenvalue weighted by molar-refractivity contribution is 7.91. The third-order valence-electron chi connectivity index (χ3n) is 4.47. The number of nitrogens with zero attached hydrogens (tertiary/aromatic N) is 1. The topological polar surface area (TPSA) is 93.2 Å². The minimum atomic E-state index is -3.46. The van der Waals surface area contributed by atoms with Crippen molar-refractivity contribution >= 4 is 49.6 Å². The van der Waals surface area contributed by atoms with Crippen molar-refractivity contribution < 1.29 is 18.0 Å². The van der Waals surface area contributed by atoms with Gasteiger partial charge < -0.3 is 5.32 Å². The van der Waals surface area contributed by atoms with Crippen molar-refractivity contribution in [3.8, 4) is 0 Å². The molecule has 1 amide bonds. The van der Waals surface area contributed by atoms with Crippen LogP contribution in [-0.4, -0.2) is 30.8 Å². The largest absolute Gasteiger partial charge is 0.302 e. The van der Waals surface area contributed by atoms with E-state index in [0.29, 0.717) is 27.9 Å². The molecule has 0 saturated carbocycles. The predicted octanol–water partition coefficient (Wildman–Crippen LogP) is 4.14. The fraction of sp³-hybridized carbons (Fsp3) is 0.421. The summed E-state index contributed by atoms with van der Waals surface area (Å²) in [5.41, 5.74) is 0.599.